The molecule has 6 heteroatoms. The number of hydrogen-bond donors (Lipinski definition) is 1. The van der Waals surface area contributed by atoms with E-state index < -0.39 is 17.7 Å². The van der Waals surface area contributed by atoms with Gasteiger partial charge in [-0.15, -0.1) is 11.3 Å². The van der Waals surface area contributed by atoms with Crippen LogP contribution in [0, 0.1) is 0 Å². The molecule has 1 unspecified atom stereocenters. The number of nitrogens with zero attached hydrogens (tertiary/aromatic N) is 2. The number of amides is 1. The Morgan fingerprint density at radius 2 is 1.84 bits per heavy atom. The van der Waals surface area contributed by atoms with E-state index in [1.807, 2.05) is 60.0 Å². The Kier molecular flexibility index (Phi) is 4.84. The van der Waals surface area contributed by atoms with Gasteiger partial charge in [0.2, 0.25) is 0 Å². The highest BCUT2D eigenvalue weighted by Gasteiger charge is 2.46. The molecule has 1 fully saturated rings. The summed E-state index contributed by atoms with van der Waals surface area (Å²) in [5.74, 6) is -1.45. The van der Waals surface area contributed by atoms with Crippen molar-refractivity contribution in [3.8, 4) is 0 Å². The van der Waals surface area contributed by atoms with Crippen molar-refractivity contribution in [1.29, 1.82) is 0 Å². The number of aliphatic hydroxyl groups excluding tert-OH is 1. The third kappa shape index (κ3) is 3.31. The molecule has 0 radical (unpaired) electrons. The molecule has 0 spiro atoms. The third-order valence-electron chi connectivity index (χ3n) is 5.47. The quantitative estimate of drug-likeness (QED) is 0.286. The second-order valence-electron chi connectivity index (χ2n) is 7.33. The van der Waals surface area contributed by atoms with Gasteiger partial charge in [0.25, 0.3) is 11.7 Å². The predicted molar refractivity (Wildman–Crippen MR) is 120 cm³/mol. The first-order valence-corrected chi connectivity index (χ1v) is 10.7. The lowest BCUT2D eigenvalue weighted by Gasteiger charge is -2.24. The van der Waals surface area contributed by atoms with Crippen molar-refractivity contribution in [1.82, 2.24) is 9.88 Å². The van der Waals surface area contributed by atoms with Gasteiger partial charge >= 0.3 is 0 Å². The molecule has 1 atom stereocenters. The lowest BCUT2D eigenvalue weighted by atomic mass is 9.96. The number of carbonyl (C=O) groups excluding carboxylic acids is 2. The number of aliphatic hydroxyl groups is 1. The smallest absolute Gasteiger partial charge is 0.295 e. The zero-order valence-corrected chi connectivity index (χ0v) is 17.3. The van der Waals surface area contributed by atoms with Gasteiger partial charge in [0.15, 0.2) is 0 Å². The monoisotopic (exact) mass is 426 g/mol. The second-order valence-corrected chi connectivity index (χ2v) is 8.31. The molecule has 31 heavy (non-hydrogen) atoms. The number of aromatic nitrogens is 1. The molecule has 1 aliphatic heterocycles. The number of likely N-dealkylation sites (tertiary alicyclic amines) is 1. The molecule has 0 aliphatic carbocycles. The molecule has 152 valence electrons. The average Bonchev–Trinajstić information content (AvgIpc) is 3.42. The Morgan fingerprint density at radius 3 is 2.61 bits per heavy atom. The van der Waals surface area contributed by atoms with E-state index in [1.165, 1.54) is 16.2 Å². The topological polar surface area (TPSA) is 70.5 Å². The van der Waals surface area contributed by atoms with Crippen LogP contribution in [0.3, 0.4) is 0 Å². The van der Waals surface area contributed by atoms with E-state index >= 15 is 0 Å². The summed E-state index contributed by atoms with van der Waals surface area (Å²) in [6.45, 7) is 0.229. The molecule has 4 aromatic rings. The van der Waals surface area contributed by atoms with Gasteiger partial charge in [0.05, 0.1) is 11.6 Å². The zero-order chi connectivity index (χ0) is 21.4. The van der Waals surface area contributed by atoms with Crippen LogP contribution in [0.4, 0.5) is 0 Å². The maximum absolute atomic E-state index is 13.1. The minimum absolute atomic E-state index is 0.118. The van der Waals surface area contributed by atoms with Gasteiger partial charge in [-0.3, -0.25) is 14.6 Å². The summed E-state index contributed by atoms with van der Waals surface area (Å²) in [7, 11) is 0. The lowest BCUT2D eigenvalue weighted by molar-refractivity contribution is -0.140. The molecular weight excluding hydrogens is 408 g/mol. The average molecular weight is 426 g/mol. The van der Waals surface area contributed by atoms with E-state index in [2.05, 4.69) is 4.98 Å². The number of benzene rings is 2. The standard InChI is InChI=1S/C25H18N2O3S/c28-23(19-10-3-8-17-7-1-2-9-18(17)19)21-22(20-11-5-13-31-20)27(25(30)24(21)29)15-16-6-4-12-26-14-16/h1-14,22,28H,15H2/b23-21-. The third-order valence-corrected chi connectivity index (χ3v) is 6.40. The van der Waals surface area contributed by atoms with Gasteiger partial charge in [0, 0.05) is 29.4 Å². The fourth-order valence-corrected chi connectivity index (χ4v) is 4.90. The summed E-state index contributed by atoms with van der Waals surface area (Å²) < 4.78 is 0. The number of rotatable bonds is 4. The van der Waals surface area contributed by atoms with Crippen molar-refractivity contribution < 1.29 is 14.7 Å². The molecule has 2 aromatic heterocycles. The largest absolute Gasteiger partial charge is 0.507 e. The van der Waals surface area contributed by atoms with E-state index in [0.29, 0.717) is 5.56 Å². The number of ketones is 1. The van der Waals surface area contributed by atoms with Crippen LogP contribution in [-0.2, 0) is 16.1 Å². The van der Waals surface area contributed by atoms with Crippen LogP contribution in [-0.4, -0.2) is 26.7 Å². The van der Waals surface area contributed by atoms with Gasteiger partial charge in [-0.05, 0) is 33.8 Å². The molecule has 5 nitrogen and oxygen atoms in total. The van der Waals surface area contributed by atoms with Crippen LogP contribution >= 0.6 is 11.3 Å². The summed E-state index contributed by atoms with van der Waals surface area (Å²) in [6.07, 6.45) is 3.34. The normalized spacial score (nSPS) is 18.1. The summed E-state index contributed by atoms with van der Waals surface area (Å²) in [5.41, 5.74) is 1.47. The van der Waals surface area contributed by atoms with Crippen LogP contribution < -0.4 is 0 Å². The molecule has 5 rings (SSSR count). The van der Waals surface area contributed by atoms with E-state index in [4.69, 9.17) is 0 Å². The number of carbonyl (C=O) groups is 2. The van der Waals surface area contributed by atoms with Crippen molar-refractivity contribution in [2.45, 2.75) is 12.6 Å². The summed E-state index contributed by atoms with van der Waals surface area (Å²) in [5, 5.41) is 15.0. The van der Waals surface area contributed by atoms with E-state index in [1.54, 1.807) is 24.5 Å². The first kappa shape index (κ1) is 19.2. The maximum Gasteiger partial charge on any atom is 0.295 e. The Hall–Kier alpha value is -3.77. The Balaban J connectivity index is 1.69. The SMILES string of the molecule is O=C1C(=O)N(Cc2cccnc2)C(c2cccs2)/C1=C(/O)c1cccc2ccccc12. The summed E-state index contributed by atoms with van der Waals surface area (Å²) in [4.78, 5) is 32.6. The lowest BCUT2D eigenvalue weighted by Crippen LogP contribution is -2.28. The van der Waals surface area contributed by atoms with Crippen molar-refractivity contribution in [3.63, 3.8) is 0 Å². The fourth-order valence-electron chi connectivity index (χ4n) is 4.05. The highest BCUT2D eigenvalue weighted by molar-refractivity contribution is 7.10. The molecular formula is C25H18N2O3S. The van der Waals surface area contributed by atoms with E-state index in [9.17, 15) is 14.7 Å². The van der Waals surface area contributed by atoms with Gasteiger partial charge < -0.3 is 10.0 Å². The number of thiophene rings is 1. The zero-order valence-electron chi connectivity index (χ0n) is 16.4. The van der Waals surface area contributed by atoms with Crippen LogP contribution in [0.2, 0.25) is 0 Å². The van der Waals surface area contributed by atoms with Crippen molar-refractivity contribution in [2.75, 3.05) is 0 Å². The van der Waals surface area contributed by atoms with Gasteiger partial charge in [-0.2, -0.15) is 0 Å². The second kappa shape index (κ2) is 7.81. The van der Waals surface area contributed by atoms with Crippen molar-refractivity contribution in [2.24, 2.45) is 0 Å². The Bertz CT molecular complexity index is 1310. The van der Waals surface area contributed by atoms with Crippen LogP contribution in [0.1, 0.15) is 22.0 Å². The number of pyridine rings is 1. The van der Waals surface area contributed by atoms with E-state index in [0.717, 1.165) is 21.2 Å². The van der Waals surface area contributed by atoms with Crippen molar-refractivity contribution >= 4 is 39.6 Å². The number of Topliss-reactive ketones (excluding diaryl/α,β-unsaturated/α-hetero) is 1. The van der Waals surface area contributed by atoms with Crippen LogP contribution in [0.5, 0.6) is 0 Å². The maximum atomic E-state index is 13.1. The molecule has 0 bridgehead atoms. The van der Waals surface area contributed by atoms with Crippen LogP contribution in [0.25, 0.3) is 16.5 Å². The Morgan fingerprint density at radius 1 is 1.00 bits per heavy atom. The highest BCUT2D eigenvalue weighted by Crippen LogP contribution is 2.42. The first-order valence-electron chi connectivity index (χ1n) is 9.84. The molecule has 3 heterocycles. The fraction of sp³-hybridized carbons (Fsp3) is 0.0800. The molecule has 2 aromatic carbocycles. The minimum Gasteiger partial charge on any atom is -0.507 e. The van der Waals surface area contributed by atoms with Gasteiger partial charge in [0.1, 0.15) is 5.76 Å². The molecule has 0 saturated carbocycles. The minimum atomic E-state index is -0.673. The highest BCUT2D eigenvalue weighted by atomic mass is 32.1. The number of fused-ring (bicyclic) bond motifs is 1. The van der Waals surface area contributed by atoms with Crippen molar-refractivity contribution in [3.05, 3.63) is 106 Å². The Labute approximate surface area is 182 Å². The van der Waals surface area contributed by atoms with E-state index in [-0.39, 0.29) is 17.9 Å². The van der Waals surface area contributed by atoms with Gasteiger partial charge in [-0.1, -0.05) is 54.6 Å². The van der Waals surface area contributed by atoms with Gasteiger partial charge in [-0.25, -0.2) is 0 Å². The van der Waals surface area contributed by atoms with Crippen LogP contribution in [0.15, 0.2) is 90.1 Å². The first-order chi connectivity index (χ1) is 15.1. The summed E-state index contributed by atoms with van der Waals surface area (Å²) >= 11 is 1.45. The molecule has 1 N–H and O–H groups in total. The molecule has 1 amide bonds. The summed E-state index contributed by atoms with van der Waals surface area (Å²) in [6, 6.07) is 20.0. The number of hydrogen-bond acceptors (Lipinski definition) is 5. The predicted octanol–water partition coefficient (Wildman–Crippen LogP) is 4.92. The molecule has 1 saturated heterocycles. The molecule has 1 aliphatic rings.